The summed E-state index contributed by atoms with van der Waals surface area (Å²) in [5.74, 6) is 0.386. The third kappa shape index (κ3) is 5.29. The number of nitrogens with one attached hydrogen (secondary N) is 4. The van der Waals surface area contributed by atoms with E-state index in [0.717, 1.165) is 12.8 Å². The highest BCUT2D eigenvalue weighted by Crippen LogP contribution is 2.19. The van der Waals surface area contributed by atoms with Crippen LogP contribution in [0.15, 0.2) is 52.2 Å². The van der Waals surface area contributed by atoms with Gasteiger partial charge in [0, 0.05) is 17.3 Å². The van der Waals surface area contributed by atoms with E-state index >= 15 is 0 Å². The van der Waals surface area contributed by atoms with Crippen LogP contribution in [0.25, 0.3) is 11.0 Å². The van der Waals surface area contributed by atoms with E-state index in [-0.39, 0.29) is 16.8 Å². The average molecular weight is 431 g/mol. The molecular formula is C21H26N4O4S. The number of imidazole rings is 1. The molecule has 1 amide bonds. The first-order valence-corrected chi connectivity index (χ1v) is 11.3. The molecule has 0 saturated heterocycles. The van der Waals surface area contributed by atoms with Gasteiger partial charge in [0.1, 0.15) is 0 Å². The minimum atomic E-state index is -3.85. The van der Waals surface area contributed by atoms with Gasteiger partial charge in [-0.25, -0.2) is 13.2 Å². The largest absolute Gasteiger partial charge is 0.350 e. The Morgan fingerprint density at radius 2 is 1.63 bits per heavy atom. The molecule has 160 valence electrons. The predicted octanol–water partition coefficient (Wildman–Crippen LogP) is 3.21. The zero-order valence-electron chi connectivity index (χ0n) is 17.2. The molecule has 1 unspecified atom stereocenters. The molecule has 0 bridgehead atoms. The molecule has 3 aromatic rings. The van der Waals surface area contributed by atoms with Crippen LogP contribution in [-0.2, 0) is 10.0 Å². The van der Waals surface area contributed by atoms with E-state index in [0.29, 0.717) is 28.2 Å². The van der Waals surface area contributed by atoms with E-state index < -0.39 is 15.7 Å². The summed E-state index contributed by atoms with van der Waals surface area (Å²) in [7, 11) is -3.85. The van der Waals surface area contributed by atoms with Crippen molar-refractivity contribution < 1.29 is 13.2 Å². The van der Waals surface area contributed by atoms with Crippen LogP contribution in [0.2, 0.25) is 0 Å². The molecule has 0 aliphatic heterocycles. The number of hydrogen-bond acceptors (Lipinski definition) is 4. The quantitative estimate of drug-likeness (QED) is 0.438. The van der Waals surface area contributed by atoms with Crippen molar-refractivity contribution in [3.8, 4) is 0 Å². The Labute approximate surface area is 175 Å². The van der Waals surface area contributed by atoms with Crippen LogP contribution in [-0.4, -0.2) is 30.3 Å². The van der Waals surface area contributed by atoms with E-state index in [4.69, 9.17) is 0 Å². The van der Waals surface area contributed by atoms with Gasteiger partial charge < -0.3 is 15.3 Å². The number of hydrogen-bond donors (Lipinski definition) is 4. The van der Waals surface area contributed by atoms with Gasteiger partial charge in [-0.1, -0.05) is 13.8 Å². The molecule has 1 atom stereocenters. The van der Waals surface area contributed by atoms with E-state index in [9.17, 15) is 18.0 Å². The van der Waals surface area contributed by atoms with Crippen molar-refractivity contribution in [2.24, 2.45) is 5.92 Å². The minimum absolute atomic E-state index is 0.0195. The lowest BCUT2D eigenvalue weighted by Crippen LogP contribution is -2.32. The maximum absolute atomic E-state index is 12.7. The highest BCUT2D eigenvalue weighted by Gasteiger charge is 2.16. The van der Waals surface area contributed by atoms with Crippen molar-refractivity contribution in [2.45, 2.75) is 44.6 Å². The minimum Gasteiger partial charge on any atom is -0.350 e. The number of carbonyl (C=O) groups excluding carboxylic acids is 1. The number of aromatic nitrogens is 2. The molecule has 9 heteroatoms. The summed E-state index contributed by atoms with van der Waals surface area (Å²) in [4.78, 5) is 28.8. The highest BCUT2D eigenvalue weighted by molar-refractivity contribution is 7.92. The second-order valence-corrected chi connectivity index (χ2v) is 9.50. The maximum atomic E-state index is 12.7. The lowest BCUT2D eigenvalue weighted by Gasteiger charge is -2.15. The fourth-order valence-corrected chi connectivity index (χ4v) is 4.13. The van der Waals surface area contributed by atoms with Gasteiger partial charge in [-0.2, -0.15) is 0 Å². The first kappa shape index (κ1) is 21.6. The van der Waals surface area contributed by atoms with Gasteiger partial charge >= 0.3 is 5.69 Å². The van der Waals surface area contributed by atoms with Gasteiger partial charge in [-0.05, 0) is 68.1 Å². The van der Waals surface area contributed by atoms with E-state index in [1.54, 1.807) is 24.3 Å². The molecule has 1 heterocycles. The lowest BCUT2D eigenvalue weighted by atomic mass is 10.0. The molecule has 0 saturated carbocycles. The van der Waals surface area contributed by atoms with Gasteiger partial charge in [0.25, 0.3) is 15.9 Å². The fourth-order valence-electron chi connectivity index (χ4n) is 3.05. The Balaban J connectivity index is 1.68. The predicted molar refractivity (Wildman–Crippen MR) is 117 cm³/mol. The average Bonchev–Trinajstić information content (AvgIpc) is 3.05. The zero-order chi connectivity index (χ0) is 21.9. The molecule has 4 N–H and O–H groups in total. The van der Waals surface area contributed by atoms with Gasteiger partial charge in [0.2, 0.25) is 0 Å². The number of aromatic amines is 2. The summed E-state index contributed by atoms with van der Waals surface area (Å²) in [6.45, 7) is 6.26. The SMILES string of the molecule is CC(C)CCC(C)NC(=O)c1ccc(NS(=O)(=O)c2ccc3[nH]c(=O)[nH]c3c2)cc1. The van der Waals surface area contributed by atoms with Crippen LogP contribution in [0, 0.1) is 5.92 Å². The summed E-state index contributed by atoms with van der Waals surface area (Å²) >= 11 is 0. The van der Waals surface area contributed by atoms with E-state index in [2.05, 4.69) is 33.9 Å². The summed E-state index contributed by atoms with van der Waals surface area (Å²) in [6.07, 6.45) is 1.93. The third-order valence-corrected chi connectivity index (χ3v) is 6.13. The van der Waals surface area contributed by atoms with Crippen molar-refractivity contribution >= 4 is 32.7 Å². The normalized spacial score (nSPS) is 12.8. The van der Waals surface area contributed by atoms with Gasteiger partial charge in [0.05, 0.1) is 15.9 Å². The number of benzene rings is 2. The summed E-state index contributed by atoms with van der Waals surface area (Å²) in [5.41, 5.74) is 1.32. The molecule has 1 aromatic heterocycles. The van der Waals surface area contributed by atoms with Gasteiger partial charge in [-0.15, -0.1) is 0 Å². The van der Waals surface area contributed by atoms with E-state index in [1.165, 1.54) is 18.2 Å². The van der Waals surface area contributed by atoms with Crippen molar-refractivity contribution in [1.82, 2.24) is 15.3 Å². The van der Waals surface area contributed by atoms with Crippen LogP contribution in [0.3, 0.4) is 0 Å². The number of sulfonamides is 1. The third-order valence-electron chi connectivity index (χ3n) is 4.75. The highest BCUT2D eigenvalue weighted by atomic mass is 32.2. The van der Waals surface area contributed by atoms with Crippen molar-refractivity contribution in [3.05, 3.63) is 58.5 Å². The Bertz CT molecular complexity index is 1190. The lowest BCUT2D eigenvalue weighted by molar-refractivity contribution is 0.0937. The molecule has 0 spiro atoms. The molecule has 0 fully saturated rings. The van der Waals surface area contributed by atoms with Crippen molar-refractivity contribution in [1.29, 1.82) is 0 Å². The smallest absolute Gasteiger partial charge is 0.323 e. The number of rotatable bonds is 8. The first-order chi connectivity index (χ1) is 14.1. The van der Waals surface area contributed by atoms with Crippen LogP contribution in [0.1, 0.15) is 44.0 Å². The topological polar surface area (TPSA) is 124 Å². The van der Waals surface area contributed by atoms with Gasteiger partial charge in [0.15, 0.2) is 0 Å². The molecule has 30 heavy (non-hydrogen) atoms. The molecule has 0 radical (unpaired) electrons. The van der Waals surface area contributed by atoms with Crippen LogP contribution >= 0.6 is 0 Å². The van der Waals surface area contributed by atoms with Crippen LogP contribution in [0.5, 0.6) is 0 Å². The molecule has 2 aromatic carbocycles. The monoisotopic (exact) mass is 430 g/mol. The first-order valence-electron chi connectivity index (χ1n) is 9.80. The fraction of sp³-hybridized carbons (Fsp3) is 0.333. The Kier molecular flexibility index (Phi) is 6.31. The number of amides is 1. The standard InChI is InChI=1S/C21H26N4O4S/c1-13(2)4-5-14(3)22-20(26)15-6-8-16(9-7-15)25-30(28,29)17-10-11-18-19(12-17)24-21(27)23-18/h6-14,25H,4-5H2,1-3H3,(H,22,26)(H2,23,24,27). The molecular weight excluding hydrogens is 404 g/mol. The van der Waals surface area contributed by atoms with Crippen LogP contribution < -0.4 is 15.7 Å². The number of anilines is 1. The number of fused-ring (bicyclic) bond motifs is 1. The molecule has 0 aliphatic carbocycles. The Morgan fingerprint density at radius 1 is 0.967 bits per heavy atom. The molecule has 0 aliphatic rings. The van der Waals surface area contributed by atoms with Gasteiger partial charge in [-0.3, -0.25) is 9.52 Å². The van der Waals surface area contributed by atoms with Crippen molar-refractivity contribution in [2.75, 3.05) is 4.72 Å². The zero-order valence-corrected chi connectivity index (χ0v) is 18.0. The summed E-state index contributed by atoms with van der Waals surface area (Å²) in [5, 5.41) is 2.95. The second-order valence-electron chi connectivity index (χ2n) is 7.82. The Hall–Kier alpha value is -3.07. The molecule has 8 nitrogen and oxygen atoms in total. The van der Waals surface area contributed by atoms with Crippen LogP contribution in [0.4, 0.5) is 5.69 Å². The Morgan fingerprint density at radius 3 is 2.30 bits per heavy atom. The number of carbonyl (C=O) groups is 1. The molecule has 3 rings (SSSR count). The maximum Gasteiger partial charge on any atom is 0.323 e. The summed E-state index contributed by atoms with van der Waals surface area (Å²) in [6, 6.07) is 10.6. The van der Waals surface area contributed by atoms with Crippen molar-refractivity contribution in [3.63, 3.8) is 0 Å². The second kappa shape index (κ2) is 8.74. The summed E-state index contributed by atoms with van der Waals surface area (Å²) < 4.78 is 27.8. The number of H-pyrrole nitrogens is 2. The van der Waals surface area contributed by atoms with E-state index in [1.807, 2.05) is 6.92 Å².